The first-order valence-corrected chi connectivity index (χ1v) is 11.9. The summed E-state index contributed by atoms with van der Waals surface area (Å²) in [5.74, 6) is -0.323. The second-order valence-corrected chi connectivity index (χ2v) is 9.92. The molecule has 7 heteroatoms. The highest BCUT2D eigenvalue weighted by molar-refractivity contribution is 7.92. The van der Waals surface area contributed by atoms with E-state index in [9.17, 15) is 12.8 Å². The number of hydrogen-bond acceptors (Lipinski definition) is 3. The van der Waals surface area contributed by atoms with E-state index in [1.807, 2.05) is 6.07 Å². The van der Waals surface area contributed by atoms with Gasteiger partial charge in [-0.05, 0) is 60.4 Å². The predicted octanol–water partition coefficient (Wildman–Crippen LogP) is 6.11. The number of fused-ring (bicyclic) bond motifs is 3. The maximum atomic E-state index is 14.7. The fraction of sp³-hybridized carbons (Fsp3) is 0.167. The lowest BCUT2D eigenvalue weighted by molar-refractivity contribution is 0.413. The van der Waals surface area contributed by atoms with E-state index in [1.165, 1.54) is 6.07 Å². The highest BCUT2D eigenvalue weighted by Gasteiger charge is 2.40. The molecular weight excluding hydrogens is 435 g/mol. The Balaban J connectivity index is 1.53. The molecule has 0 unspecified atom stereocenters. The number of rotatable bonds is 4. The largest absolute Gasteiger partial charge is 0.378 e. The molecule has 0 bridgehead atoms. The molecule has 0 fully saturated rings. The van der Waals surface area contributed by atoms with E-state index < -0.39 is 10.0 Å². The zero-order valence-electron chi connectivity index (χ0n) is 16.4. The minimum absolute atomic E-state index is 0.0243. The molecule has 0 aromatic heterocycles. The molecule has 3 aromatic rings. The van der Waals surface area contributed by atoms with E-state index in [4.69, 9.17) is 11.6 Å². The molecule has 2 N–H and O–H groups in total. The zero-order chi connectivity index (χ0) is 21.6. The van der Waals surface area contributed by atoms with Crippen LogP contribution in [-0.4, -0.2) is 8.42 Å². The number of anilines is 2. The summed E-state index contributed by atoms with van der Waals surface area (Å²) in [5.41, 5.74) is 2.64. The summed E-state index contributed by atoms with van der Waals surface area (Å²) < 4.78 is 43.2. The van der Waals surface area contributed by atoms with E-state index in [0.29, 0.717) is 16.3 Å². The quantitative estimate of drug-likeness (QED) is 0.468. The average Bonchev–Trinajstić information content (AvgIpc) is 3.24. The van der Waals surface area contributed by atoms with Crippen molar-refractivity contribution >= 4 is 33.0 Å². The van der Waals surface area contributed by atoms with Gasteiger partial charge in [0.1, 0.15) is 5.82 Å². The summed E-state index contributed by atoms with van der Waals surface area (Å²) in [6, 6.07) is 18.2. The minimum atomic E-state index is -3.74. The van der Waals surface area contributed by atoms with Gasteiger partial charge >= 0.3 is 0 Å². The number of para-hydroxylation sites is 1. The van der Waals surface area contributed by atoms with Gasteiger partial charge < -0.3 is 5.32 Å². The first-order chi connectivity index (χ1) is 14.9. The number of nitrogens with one attached hydrogen (secondary N) is 2. The standard InChI is InChI=1S/C24H20ClFN2O2S/c25-20-10-5-11-21(26)23(20)24-18-9-4-8-17(18)19-14-16(12-13-22(19)27-24)31(29,30)28-15-6-2-1-3-7-15/h1-8,10-14,17-18,24,27-28H,9H2/t17-,18+,24-/m0/s1. The molecule has 0 saturated carbocycles. The molecule has 2 aliphatic rings. The molecule has 158 valence electrons. The van der Waals surface area contributed by atoms with Gasteiger partial charge in [-0.1, -0.05) is 48.0 Å². The molecule has 31 heavy (non-hydrogen) atoms. The highest BCUT2D eigenvalue weighted by Crippen LogP contribution is 2.51. The third-order valence-electron chi connectivity index (χ3n) is 5.98. The molecular formula is C24H20ClFN2O2S. The summed E-state index contributed by atoms with van der Waals surface area (Å²) >= 11 is 6.35. The van der Waals surface area contributed by atoms with Gasteiger partial charge in [0.05, 0.1) is 10.9 Å². The van der Waals surface area contributed by atoms with Crippen molar-refractivity contribution in [1.29, 1.82) is 0 Å². The Kier molecular flexibility index (Phi) is 4.99. The van der Waals surface area contributed by atoms with Crippen LogP contribution in [0.15, 0.2) is 83.8 Å². The molecule has 1 heterocycles. The van der Waals surface area contributed by atoms with Crippen LogP contribution in [0, 0.1) is 11.7 Å². The van der Waals surface area contributed by atoms with Gasteiger partial charge in [-0.3, -0.25) is 4.72 Å². The van der Waals surface area contributed by atoms with E-state index in [-0.39, 0.29) is 28.6 Å². The second-order valence-electron chi connectivity index (χ2n) is 7.83. The SMILES string of the molecule is O=S(=O)(Nc1ccccc1)c1ccc2c(c1)[C@H]1C=CC[C@H]1[C@@H](c1c(F)cccc1Cl)N2. The van der Waals surface area contributed by atoms with Crippen molar-refractivity contribution in [3.8, 4) is 0 Å². The number of sulfonamides is 1. The van der Waals surface area contributed by atoms with Gasteiger partial charge in [0.2, 0.25) is 0 Å². The first-order valence-electron chi connectivity index (χ1n) is 10.0. The van der Waals surface area contributed by atoms with Crippen LogP contribution in [-0.2, 0) is 10.0 Å². The predicted molar refractivity (Wildman–Crippen MR) is 121 cm³/mol. The van der Waals surface area contributed by atoms with Crippen LogP contribution < -0.4 is 10.0 Å². The van der Waals surface area contributed by atoms with Gasteiger partial charge in [0.25, 0.3) is 10.0 Å². The molecule has 0 radical (unpaired) electrons. The molecule has 5 rings (SSSR count). The summed E-state index contributed by atoms with van der Waals surface area (Å²) in [7, 11) is -3.74. The smallest absolute Gasteiger partial charge is 0.261 e. The van der Waals surface area contributed by atoms with Crippen LogP contribution in [0.2, 0.25) is 5.02 Å². The Bertz CT molecular complexity index is 1260. The van der Waals surface area contributed by atoms with Crippen molar-refractivity contribution in [3.63, 3.8) is 0 Å². The normalized spacial score (nSPS) is 21.8. The Morgan fingerprint density at radius 2 is 1.84 bits per heavy atom. The van der Waals surface area contributed by atoms with Crippen molar-refractivity contribution in [2.75, 3.05) is 10.0 Å². The van der Waals surface area contributed by atoms with Crippen molar-refractivity contribution in [2.24, 2.45) is 5.92 Å². The lowest BCUT2D eigenvalue weighted by Crippen LogP contribution is -2.30. The molecule has 1 aliphatic heterocycles. The molecule has 4 nitrogen and oxygen atoms in total. The highest BCUT2D eigenvalue weighted by atomic mass is 35.5. The van der Waals surface area contributed by atoms with Crippen molar-refractivity contribution < 1.29 is 12.8 Å². The summed E-state index contributed by atoms with van der Waals surface area (Å²) in [4.78, 5) is 0.193. The maximum Gasteiger partial charge on any atom is 0.261 e. The van der Waals surface area contributed by atoms with Gasteiger partial charge in [0, 0.05) is 27.9 Å². The number of benzene rings is 3. The number of hydrogen-bond donors (Lipinski definition) is 2. The molecule has 0 amide bonds. The Hall–Kier alpha value is -2.83. The van der Waals surface area contributed by atoms with Crippen LogP contribution in [0.5, 0.6) is 0 Å². The second kappa shape index (κ2) is 7.70. The van der Waals surface area contributed by atoms with E-state index in [1.54, 1.807) is 54.6 Å². The number of allylic oxidation sites excluding steroid dienone is 2. The van der Waals surface area contributed by atoms with Crippen LogP contribution >= 0.6 is 11.6 Å². The van der Waals surface area contributed by atoms with Gasteiger partial charge in [-0.25, -0.2) is 12.8 Å². The lowest BCUT2D eigenvalue weighted by atomic mass is 9.77. The van der Waals surface area contributed by atoms with E-state index >= 15 is 0 Å². The Morgan fingerprint density at radius 3 is 2.61 bits per heavy atom. The number of halogens is 2. The van der Waals surface area contributed by atoms with Gasteiger partial charge in [0.15, 0.2) is 0 Å². The third-order valence-corrected chi connectivity index (χ3v) is 7.69. The van der Waals surface area contributed by atoms with Crippen LogP contribution in [0.4, 0.5) is 15.8 Å². The van der Waals surface area contributed by atoms with E-state index in [2.05, 4.69) is 22.2 Å². The molecule has 0 spiro atoms. The fourth-order valence-electron chi connectivity index (χ4n) is 4.55. The monoisotopic (exact) mass is 454 g/mol. The molecule has 3 atom stereocenters. The van der Waals surface area contributed by atoms with Crippen LogP contribution in [0.25, 0.3) is 0 Å². The van der Waals surface area contributed by atoms with Crippen LogP contribution in [0.3, 0.4) is 0 Å². The summed E-state index contributed by atoms with van der Waals surface area (Å²) in [5, 5.41) is 3.80. The Labute approximate surface area is 185 Å². The summed E-state index contributed by atoms with van der Waals surface area (Å²) in [6.07, 6.45) is 4.90. The van der Waals surface area contributed by atoms with Crippen molar-refractivity contribution in [1.82, 2.24) is 0 Å². The van der Waals surface area contributed by atoms with Crippen molar-refractivity contribution in [3.05, 3.63) is 101 Å². The zero-order valence-corrected chi connectivity index (χ0v) is 18.0. The first kappa shape index (κ1) is 20.1. The maximum absolute atomic E-state index is 14.7. The summed E-state index contributed by atoms with van der Waals surface area (Å²) in [6.45, 7) is 0. The van der Waals surface area contributed by atoms with Gasteiger partial charge in [-0.15, -0.1) is 0 Å². The van der Waals surface area contributed by atoms with Gasteiger partial charge in [-0.2, -0.15) is 0 Å². The van der Waals surface area contributed by atoms with Crippen LogP contribution in [0.1, 0.15) is 29.5 Å². The molecule has 0 saturated heterocycles. The van der Waals surface area contributed by atoms with Crippen molar-refractivity contribution in [2.45, 2.75) is 23.3 Å². The average molecular weight is 455 g/mol. The van der Waals surface area contributed by atoms with E-state index in [0.717, 1.165) is 17.7 Å². The molecule has 1 aliphatic carbocycles. The minimum Gasteiger partial charge on any atom is -0.378 e. The topological polar surface area (TPSA) is 58.2 Å². The fourth-order valence-corrected chi connectivity index (χ4v) is 5.93. The molecule has 3 aromatic carbocycles. The Morgan fingerprint density at radius 1 is 1.03 bits per heavy atom. The lowest BCUT2D eigenvalue weighted by Gasteiger charge is -2.38. The third kappa shape index (κ3) is 3.60.